The highest BCUT2D eigenvalue weighted by Gasteiger charge is 2.37. The van der Waals surface area contributed by atoms with Crippen molar-refractivity contribution < 1.29 is 8.42 Å². The van der Waals surface area contributed by atoms with E-state index in [9.17, 15) is 8.42 Å². The summed E-state index contributed by atoms with van der Waals surface area (Å²) in [6.07, 6.45) is 2.88. The third kappa shape index (κ3) is 2.25. The summed E-state index contributed by atoms with van der Waals surface area (Å²) in [4.78, 5) is 0. The Bertz CT molecular complexity index is 321. The average molecular weight is 247 g/mol. The topological polar surface area (TPSA) is 52.7 Å². The van der Waals surface area contributed by atoms with E-state index in [4.69, 9.17) is 0 Å². The quantitative estimate of drug-likeness (QED) is 0.744. The highest BCUT2D eigenvalue weighted by Crippen LogP contribution is 2.20. The van der Waals surface area contributed by atoms with Gasteiger partial charge in [0.15, 0.2) is 0 Å². The Labute approximate surface area is 98.0 Å². The van der Waals surface area contributed by atoms with Crippen molar-refractivity contribution in [2.24, 2.45) is 0 Å². The Kier molecular flexibility index (Phi) is 3.84. The summed E-state index contributed by atoms with van der Waals surface area (Å²) in [5, 5.41) is 3.14. The molecule has 2 fully saturated rings. The van der Waals surface area contributed by atoms with E-state index in [-0.39, 0.29) is 6.04 Å². The molecule has 0 atom stereocenters. The molecule has 0 radical (unpaired) electrons. The fraction of sp³-hybridized carbons (Fsp3) is 1.00. The van der Waals surface area contributed by atoms with Gasteiger partial charge in [-0.1, -0.05) is 6.92 Å². The molecule has 6 heteroatoms. The van der Waals surface area contributed by atoms with Crippen LogP contribution in [0.5, 0.6) is 0 Å². The van der Waals surface area contributed by atoms with Crippen LogP contribution in [-0.4, -0.2) is 55.8 Å². The Morgan fingerprint density at radius 2 is 1.94 bits per heavy atom. The summed E-state index contributed by atoms with van der Waals surface area (Å²) in [5.74, 6) is 0. The van der Waals surface area contributed by atoms with Crippen molar-refractivity contribution in [3.05, 3.63) is 0 Å². The largest absolute Gasteiger partial charge is 0.313 e. The summed E-state index contributed by atoms with van der Waals surface area (Å²) < 4.78 is 28.1. The highest BCUT2D eigenvalue weighted by atomic mass is 32.2. The molecule has 0 aromatic heterocycles. The van der Waals surface area contributed by atoms with Gasteiger partial charge in [0, 0.05) is 32.7 Å². The first-order chi connectivity index (χ1) is 7.66. The number of nitrogens with one attached hydrogen (secondary N) is 1. The van der Waals surface area contributed by atoms with E-state index in [0.717, 1.165) is 32.4 Å². The molecule has 94 valence electrons. The van der Waals surface area contributed by atoms with Crippen LogP contribution in [-0.2, 0) is 10.2 Å². The highest BCUT2D eigenvalue weighted by molar-refractivity contribution is 7.86. The summed E-state index contributed by atoms with van der Waals surface area (Å²) in [6, 6.07) is 0.172. The molecular weight excluding hydrogens is 226 g/mol. The van der Waals surface area contributed by atoms with Crippen molar-refractivity contribution in [3.63, 3.8) is 0 Å². The van der Waals surface area contributed by atoms with Crippen LogP contribution >= 0.6 is 0 Å². The van der Waals surface area contributed by atoms with E-state index < -0.39 is 10.2 Å². The summed E-state index contributed by atoms with van der Waals surface area (Å²) in [5.41, 5.74) is 0. The van der Waals surface area contributed by atoms with Crippen LogP contribution in [0.3, 0.4) is 0 Å². The second-order valence-corrected chi connectivity index (χ2v) is 6.42. The lowest BCUT2D eigenvalue weighted by molar-refractivity contribution is 0.227. The van der Waals surface area contributed by atoms with E-state index in [2.05, 4.69) is 5.32 Å². The van der Waals surface area contributed by atoms with E-state index in [1.807, 2.05) is 6.92 Å². The second-order valence-electron chi connectivity index (χ2n) is 4.54. The Balaban J connectivity index is 2.10. The van der Waals surface area contributed by atoms with Gasteiger partial charge < -0.3 is 5.32 Å². The minimum Gasteiger partial charge on any atom is -0.313 e. The van der Waals surface area contributed by atoms with Crippen LogP contribution in [0.15, 0.2) is 0 Å². The standard InChI is InChI=1S/C10H21N3O2S/c1-2-5-13(10-8-11-9-10)16(14,15)12-6-3-4-7-12/h10-11H,2-9H2,1H3. The third-order valence-electron chi connectivity index (χ3n) is 3.30. The van der Waals surface area contributed by atoms with Crippen LogP contribution in [0, 0.1) is 0 Å². The number of hydrogen-bond donors (Lipinski definition) is 1. The molecule has 2 aliphatic heterocycles. The first-order valence-electron chi connectivity index (χ1n) is 6.14. The van der Waals surface area contributed by atoms with Gasteiger partial charge in [0.2, 0.25) is 0 Å². The number of rotatable bonds is 5. The van der Waals surface area contributed by atoms with Crippen LogP contribution in [0.1, 0.15) is 26.2 Å². The maximum absolute atomic E-state index is 12.4. The van der Waals surface area contributed by atoms with Crippen LogP contribution in [0.25, 0.3) is 0 Å². The molecule has 2 saturated heterocycles. The van der Waals surface area contributed by atoms with E-state index >= 15 is 0 Å². The lowest BCUT2D eigenvalue weighted by atomic mass is 10.2. The summed E-state index contributed by atoms with van der Waals surface area (Å²) in [6.45, 7) is 5.66. The Morgan fingerprint density at radius 3 is 2.38 bits per heavy atom. The van der Waals surface area contributed by atoms with Crippen molar-refractivity contribution in [1.82, 2.24) is 13.9 Å². The lowest BCUT2D eigenvalue weighted by Crippen LogP contribution is -2.61. The van der Waals surface area contributed by atoms with Gasteiger partial charge in [0.25, 0.3) is 10.2 Å². The molecule has 0 aromatic carbocycles. The molecule has 2 rings (SSSR count). The minimum absolute atomic E-state index is 0.172. The first kappa shape index (κ1) is 12.3. The van der Waals surface area contributed by atoms with Crippen LogP contribution in [0.2, 0.25) is 0 Å². The van der Waals surface area contributed by atoms with Crippen molar-refractivity contribution in [1.29, 1.82) is 0 Å². The molecule has 0 saturated carbocycles. The van der Waals surface area contributed by atoms with Gasteiger partial charge in [0.1, 0.15) is 0 Å². The molecule has 0 bridgehead atoms. The maximum Gasteiger partial charge on any atom is 0.282 e. The Hall–Kier alpha value is -0.170. The SMILES string of the molecule is CCCN(C1CNC1)S(=O)(=O)N1CCCC1. The van der Waals surface area contributed by atoms with E-state index in [0.29, 0.717) is 19.6 Å². The zero-order valence-corrected chi connectivity index (χ0v) is 10.7. The zero-order chi connectivity index (χ0) is 11.6. The maximum atomic E-state index is 12.4. The van der Waals surface area contributed by atoms with Gasteiger partial charge in [-0.3, -0.25) is 0 Å². The predicted molar refractivity (Wildman–Crippen MR) is 63.4 cm³/mol. The number of hydrogen-bond acceptors (Lipinski definition) is 3. The fourth-order valence-electron chi connectivity index (χ4n) is 2.25. The first-order valence-corrected chi connectivity index (χ1v) is 7.53. The van der Waals surface area contributed by atoms with Crippen LogP contribution in [0.4, 0.5) is 0 Å². The van der Waals surface area contributed by atoms with E-state index in [1.54, 1.807) is 8.61 Å². The molecule has 0 aliphatic carbocycles. The van der Waals surface area contributed by atoms with Crippen molar-refractivity contribution in [2.75, 3.05) is 32.7 Å². The smallest absolute Gasteiger partial charge is 0.282 e. The lowest BCUT2D eigenvalue weighted by Gasteiger charge is -2.38. The van der Waals surface area contributed by atoms with Gasteiger partial charge in [-0.25, -0.2) is 0 Å². The van der Waals surface area contributed by atoms with Gasteiger partial charge in [-0.05, 0) is 19.3 Å². The van der Waals surface area contributed by atoms with Crippen LogP contribution < -0.4 is 5.32 Å². The zero-order valence-electron chi connectivity index (χ0n) is 9.85. The molecule has 0 aromatic rings. The van der Waals surface area contributed by atoms with Crippen molar-refractivity contribution >= 4 is 10.2 Å². The van der Waals surface area contributed by atoms with E-state index in [1.165, 1.54) is 0 Å². The molecule has 0 spiro atoms. The van der Waals surface area contributed by atoms with Crippen molar-refractivity contribution in [3.8, 4) is 0 Å². The molecule has 2 heterocycles. The van der Waals surface area contributed by atoms with Gasteiger partial charge in [-0.15, -0.1) is 0 Å². The summed E-state index contributed by atoms with van der Waals surface area (Å²) >= 11 is 0. The number of nitrogens with zero attached hydrogens (tertiary/aromatic N) is 2. The predicted octanol–water partition coefficient (Wildman–Crippen LogP) is 0.0108. The van der Waals surface area contributed by atoms with Gasteiger partial charge in [0.05, 0.1) is 6.04 Å². The van der Waals surface area contributed by atoms with Crippen molar-refractivity contribution in [2.45, 2.75) is 32.2 Å². The normalized spacial score (nSPS) is 23.9. The minimum atomic E-state index is -3.20. The second kappa shape index (κ2) is 5.00. The van der Waals surface area contributed by atoms with Gasteiger partial charge >= 0.3 is 0 Å². The molecule has 1 N–H and O–H groups in total. The third-order valence-corrected chi connectivity index (χ3v) is 5.39. The molecule has 0 amide bonds. The molecule has 0 unspecified atom stereocenters. The Morgan fingerprint density at radius 1 is 1.31 bits per heavy atom. The molecule has 2 aliphatic rings. The molecule has 16 heavy (non-hydrogen) atoms. The fourth-order valence-corrected chi connectivity index (χ4v) is 4.21. The molecular formula is C10H21N3O2S. The molecule has 5 nitrogen and oxygen atoms in total. The average Bonchev–Trinajstić information content (AvgIpc) is 2.67. The van der Waals surface area contributed by atoms with Gasteiger partial charge in [-0.2, -0.15) is 17.0 Å². The monoisotopic (exact) mass is 247 g/mol. The summed E-state index contributed by atoms with van der Waals surface area (Å²) in [7, 11) is -3.20.